The number of sulfone groups is 1. The Kier molecular flexibility index (Phi) is 6.26. The molecule has 0 aliphatic carbocycles. The molecule has 0 saturated carbocycles. The van der Waals surface area contributed by atoms with Crippen LogP contribution in [0, 0.1) is 0 Å². The number of amides is 1. The van der Waals surface area contributed by atoms with E-state index in [0.717, 1.165) is 37.3 Å². The number of benzene rings is 1. The molecule has 1 aromatic carbocycles. The van der Waals surface area contributed by atoms with Crippen LogP contribution in [0.3, 0.4) is 0 Å². The summed E-state index contributed by atoms with van der Waals surface area (Å²) in [5.41, 5.74) is -1.02. The molecule has 3 atom stereocenters. The molecule has 4 rings (SSSR count). The van der Waals surface area contributed by atoms with Gasteiger partial charge in [0.05, 0.1) is 12.0 Å². The van der Waals surface area contributed by atoms with Crippen LogP contribution in [0.4, 0.5) is 5.82 Å². The van der Waals surface area contributed by atoms with Crippen LogP contribution in [-0.2, 0) is 14.6 Å². The van der Waals surface area contributed by atoms with Gasteiger partial charge in [-0.05, 0) is 75.9 Å². The minimum absolute atomic E-state index is 0.0558. The molecule has 3 heterocycles. The number of aromatic nitrogens is 1. The van der Waals surface area contributed by atoms with Crippen molar-refractivity contribution in [3.05, 3.63) is 42.6 Å². The number of carbonyl (C=O) groups is 1. The first-order chi connectivity index (χ1) is 15.6. The number of nitrogens with one attached hydrogen (secondary N) is 1. The molecule has 2 fully saturated rings. The maximum absolute atomic E-state index is 13.0. The molecular formula is C24H31N3O5S. The van der Waals surface area contributed by atoms with Gasteiger partial charge in [0, 0.05) is 30.6 Å². The number of methoxy groups -OCH3 is 1. The van der Waals surface area contributed by atoms with Crippen LogP contribution >= 0.6 is 0 Å². The van der Waals surface area contributed by atoms with Gasteiger partial charge in [0.2, 0.25) is 0 Å². The molecule has 2 saturated heterocycles. The van der Waals surface area contributed by atoms with E-state index in [0.29, 0.717) is 5.75 Å². The van der Waals surface area contributed by atoms with Crippen LogP contribution in [-0.4, -0.2) is 56.4 Å². The second-order valence-corrected chi connectivity index (χ2v) is 11.4. The molecule has 2 bridgehead atoms. The molecule has 33 heavy (non-hydrogen) atoms. The second-order valence-electron chi connectivity index (χ2n) is 9.35. The van der Waals surface area contributed by atoms with Gasteiger partial charge in [-0.15, -0.1) is 0 Å². The van der Waals surface area contributed by atoms with E-state index >= 15 is 0 Å². The highest BCUT2D eigenvalue weighted by Gasteiger charge is 2.43. The van der Waals surface area contributed by atoms with Crippen LogP contribution in [0.15, 0.2) is 47.5 Å². The average Bonchev–Trinajstić information content (AvgIpc) is 3.03. The van der Waals surface area contributed by atoms with Crippen LogP contribution in [0.1, 0.15) is 39.5 Å². The van der Waals surface area contributed by atoms with E-state index in [9.17, 15) is 13.2 Å². The van der Waals surface area contributed by atoms with Crippen LogP contribution in [0.2, 0.25) is 0 Å². The summed E-state index contributed by atoms with van der Waals surface area (Å²) in [5, 5.41) is 3.19. The number of hydrogen-bond donors (Lipinski definition) is 1. The van der Waals surface area contributed by atoms with Crippen molar-refractivity contribution in [2.24, 2.45) is 0 Å². The highest BCUT2D eigenvalue weighted by atomic mass is 32.2. The number of rotatable bonds is 7. The predicted molar refractivity (Wildman–Crippen MR) is 126 cm³/mol. The van der Waals surface area contributed by atoms with Gasteiger partial charge in [-0.3, -0.25) is 4.79 Å². The molecular weight excluding hydrogens is 442 g/mol. The normalized spacial score (nSPS) is 22.7. The number of nitrogens with zero attached hydrogens (tertiary/aromatic N) is 2. The molecule has 0 radical (unpaired) electrons. The molecule has 0 spiro atoms. The lowest BCUT2D eigenvalue weighted by Crippen LogP contribution is -2.55. The minimum Gasteiger partial charge on any atom is -0.497 e. The van der Waals surface area contributed by atoms with Gasteiger partial charge < -0.3 is 19.7 Å². The van der Waals surface area contributed by atoms with Crippen LogP contribution < -0.4 is 19.7 Å². The Balaban J connectivity index is 1.38. The SMILES string of the molecule is COc1ccc(OC(C)(C)C(=O)NC2C[C@H]3CC[C@@H](C2)N3c2ccc(S(C)(=O)=O)cn2)cc1. The van der Waals surface area contributed by atoms with Gasteiger partial charge in [0.1, 0.15) is 17.3 Å². The zero-order chi connectivity index (χ0) is 23.8. The number of piperidine rings is 1. The zero-order valence-corrected chi connectivity index (χ0v) is 20.3. The Morgan fingerprint density at radius 1 is 1.06 bits per heavy atom. The van der Waals surface area contributed by atoms with E-state index in [1.54, 1.807) is 57.4 Å². The van der Waals surface area contributed by atoms with E-state index in [4.69, 9.17) is 9.47 Å². The zero-order valence-electron chi connectivity index (χ0n) is 19.4. The van der Waals surface area contributed by atoms with Gasteiger partial charge in [-0.2, -0.15) is 0 Å². The Morgan fingerprint density at radius 3 is 2.18 bits per heavy atom. The summed E-state index contributed by atoms with van der Waals surface area (Å²) >= 11 is 0. The van der Waals surface area contributed by atoms with Crippen molar-refractivity contribution in [1.29, 1.82) is 0 Å². The molecule has 1 aromatic heterocycles. The smallest absolute Gasteiger partial charge is 0.263 e. The van der Waals surface area contributed by atoms with Crippen molar-refractivity contribution < 1.29 is 22.7 Å². The molecule has 1 unspecified atom stereocenters. The van der Waals surface area contributed by atoms with E-state index in [1.165, 1.54) is 12.5 Å². The second kappa shape index (κ2) is 8.85. The summed E-state index contributed by atoms with van der Waals surface area (Å²) in [4.78, 5) is 20.0. The molecule has 2 aliphatic rings. The van der Waals surface area contributed by atoms with Gasteiger partial charge in [0.15, 0.2) is 15.4 Å². The third-order valence-corrected chi connectivity index (χ3v) is 7.56. The minimum atomic E-state index is -3.27. The number of hydrogen-bond acceptors (Lipinski definition) is 7. The fraction of sp³-hybridized carbons (Fsp3) is 0.500. The molecule has 1 amide bonds. The number of fused-ring (bicyclic) bond motifs is 2. The lowest BCUT2D eigenvalue weighted by atomic mass is 9.96. The first kappa shape index (κ1) is 23.4. The van der Waals surface area contributed by atoms with Gasteiger partial charge in [-0.25, -0.2) is 13.4 Å². The number of anilines is 1. The van der Waals surface area contributed by atoms with Crippen molar-refractivity contribution in [3.8, 4) is 11.5 Å². The summed E-state index contributed by atoms with van der Waals surface area (Å²) in [6.07, 6.45) is 6.29. The lowest BCUT2D eigenvalue weighted by Gasteiger charge is -2.40. The fourth-order valence-corrected chi connectivity index (χ4v) is 5.32. The van der Waals surface area contributed by atoms with Crippen molar-refractivity contribution in [1.82, 2.24) is 10.3 Å². The molecule has 2 aliphatic heterocycles. The summed E-state index contributed by atoms with van der Waals surface area (Å²) in [7, 11) is -1.67. The maximum atomic E-state index is 13.0. The highest BCUT2D eigenvalue weighted by Crippen LogP contribution is 2.39. The van der Waals surface area contributed by atoms with Crippen LogP contribution in [0.5, 0.6) is 11.5 Å². The Hall–Kier alpha value is -2.81. The third kappa shape index (κ3) is 5.08. The first-order valence-electron chi connectivity index (χ1n) is 11.2. The van der Waals surface area contributed by atoms with Crippen molar-refractivity contribution in [2.75, 3.05) is 18.3 Å². The maximum Gasteiger partial charge on any atom is 0.263 e. The third-order valence-electron chi connectivity index (χ3n) is 6.46. The summed E-state index contributed by atoms with van der Waals surface area (Å²) in [6, 6.07) is 11.1. The van der Waals surface area contributed by atoms with E-state index in [2.05, 4.69) is 15.2 Å². The van der Waals surface area contributed by atoms with Crippen molar-refractivity contribution in [2.45, 2.75) is 68.2 Å². The van der Waals surface area contributed by atoms with Gasteiger partial charge in [0.25, 0.3) is 5.91 Å². The van der Waals surface area contributed by atoms with Crippen LogP contribution in [0.25, 0.3) is 0 Å². The molecule has 178 valence electrons. The summed E-state index contributed by atoms with van der Waals surface area (Å²) in [5.74, 6) is 1.98. The van der Waals surface area contributed by atoms with E-state index < -0.39 is 15.4 Å². The van der Waals surface area contributed by atoms with E-state index in [1.807, 2.05) is 0 Å². The Morgan fingerprint density at radius 2 is 1.67 bits per heavy atom. The molecule has 8 nitrogen and oxygen atoms in total. The fourth-order valence-electron chi connectivity index (χ4n) is 4.76. The topological polar surface area (TPSA) is 97.8 Å². The summed E-state index contributed by atoms with van der Waals surface area (Å²) < 4.78 is 34.6. The highest BCUT2D eigenvalue weighted by molar-refractivity contribution is 7.90. The summed E-state index contributed by atoms with van der Waals surface area (Å²) in [6.45, 7) is 3.53. The van der Waals surface area contributed by atoms with E-state index in [-0.39, 0.29) is 28.9 Å². The first-order valence-corrected chi connectivity index (χ1v) is 13.0. The molecule has 1 N–H and O–H groups in total. The largest absolute Gasteiger partial charge is 0.497 e. The predicted octanol–water partition coefficient (Wildman–Crippen LogP) is 2.97. The number of pyridine rings is 1. The molecule has 9 heteroatoms. The average molecular weight is 474 g/mol. The number of carbonyl (C=O) groups excluding carboxylic acids is 1. The van der Waals surface area contributed by atoms with Crippen molar-refractivity contribution >= 4 is 21.6 Å². The quantitative estimate of drug-likeness (QED) is 0.660. The lowest BCUT2D eigenvalue weighted by molar-refractivity contribution is -0.135. The number of ether oxygens (including phenoxy) is 2. The van der Waals surface area contributed by atoms with Gasteiger partial charge >= 0.3 is 0 Å². The molecule has 2 aromatic rings. The Bertz CT molecular complexity index is 1090. The van der Waals surface area contributed by atoms with Crippen molar-refractivity contribution in [3.63, 3.8) is 0 Å². The monoisotopic (exact) mass is 473 g/mol. The van der Waals surface area contributed by atoms with Gasteiger partial charge in [-0.1, -0.05) is 0 Å². The Labute approximate surface area is 195 Å². The standard InChI is InChI=1S/C24H31N3O5S/c1-24(2,32-20-9-7-19(31-3)8-10-20)23(28)26-16-13-17-5-6-18(14-16)27(17)22-12-11-21(15-25-22)33(4,29)30/h7-12,15-18H,5-6,13-14H2,1-4H3,(H,26,28)/t16?,17-,18+.